The summed E-state index contributed by atoms with van der Waals surface area (Å²) in [6.07, 6.45) is 9.17. The Balaban J connectivity index is 1.75. The zero-order valence-electron chi connectivity index (χ0n) is 27.8. The van der Waals surface area contributed by atoms with Gasteiger partial charge < -0.3 is 25.2 Å². The van der Waals surface area contributed by atoms with Gasteiger partial charge in [0.1, 0.15) is 0 Å². The number of hydrogen-bond acceptors (Lipinski definition) is 9. The monoisotopic (exact) mass is 650 g/mol. The first-order chi connectivity index (χ1) is 22.1. The minimum atomic E-state index is -0.979. The van der Waals surface area contributed by atoms with Gasteiger partial charge in [0, 0.05) is 58.9 Å². The molecule has 1 aliphatic heterocycles. The van der Waals surface area contributed by atoms with Crippen LogP contribution in [0.5, 0.6) is 0 Å². The van der Waals surface area contributed by atoms with E-state index in [4.69, 9.17) is 4.74 Å². The van der Waals surface area contributed by atoms with Crippen LogP contribution in [0.25, 0.3) is 0 Å². The van der Waals surface area contributed by atoms with Gasteiger partial charge in [-0.15, -0.1) is 0 Å². The van der Waals surface area contributed by atoms with Crippen molar-refractivity contribution in [2.75, 3.05) is 78.5 Å². The summed E-state index contributed by atoms with van der Waals surface area (Å²) < 4.78 is 6.10. The molecule has 12 heteroatoms. The highest BCUT2D eigenvalue weighted by molar-refractivity contribution is 5.69. The minimum Gasteiger partial charge on any atom is -0.480 e. The Morgan fingerprint density at radius 2 is 1.07 bits per heavy atom. The van der Waals surface area contributed by atoms with E-state index in [1.807, 2.05) is 18.2 Å². The molecule has 0 saturated carbocycles. The molecule has 46 heavy (non-hydrogen) atoms. The van der Waals surface area contributed by atoms with Crippen molar-refractivity contribution in [1.29, 1.82) is 0 Å². The van der Waals surface area contributed by atoms with Gasteiger partial charge in [-0.1, -0.05) is 75.8 Å². The van der Waals surface area contributed by atoms with Crippen LogP contribution in [-0.2, 0) is 25.7 Å². The highest BCUT2D eigenvalue weighted by Crippen LogP contribution is 2.15. The van der Waals surface area contributed by atoms with Gasteiger partial charge in [-0.2, -0.15) is 0 Å². The molecule has 1 heterocycles. The maximum atomic E-state index is 11.5. The fourth-order valence-electron chi connectivity index (χ4n) is 5.85. The Morgan fingerprint density at radius 3 is 1.50 bits per heavy atom. The summed E-state index contributed by atoms with van der Waals surface area (Å²) >= 11 is 0. The van der Waals surface area contributed by atoms with Gasteiger partial charge in [-0.05, 0) is 24.8 Å². The first kappa shape index (κ1) is 39.6. The molecule has 2 atom stereocenters. The van der Waals surface area contributed by atoms with E-state index in [1.165, 1.54) is 18.4 Å². The van der Waals surface area contributed by atoms with Gasteiger partial charge in [0.05, 0.1) is 38.4 Å². The van der Waals surface area contributed by atoms with E-state index in [0.717, 1.165) is 38.5 Å². The number of aliphatic hydroxyl groups excluding tert-OH is 1. The molecule has 0 amide bonds. The fourth-order valence-corrected chi connectivity index (χ4v) is 5.85. The second-order valence-corrected chi connectivity index (χ2v) is 12.5. The van der Waals surface area contributed by atoms with E-state index in [2.05, 4.69) is 24.0 Å². The summed E-state index contributed by atoms with van der Waals surface area (Å²) in [7, 11) is 0. The van der Waals surface area contributed by atoms with Crippen LogP contribution < -0.4 is 0 Å². The average molecular weight is 651 g/mol. The molecular formula is C34H58N4O8. The van der Waals surface area contributed by atoms with E-state index in [-0.39, 0.29) is 19.6 Å². The molecule has 1 aromatic rings. The number of carbonyl (C=O) groups is 3. The Morgan fingerprint density at radius 1 is 0.652 bits per heavy atom. The summed E-state index contributed by atoms with van der Waals surface area (Å²) in [5.41, 5.74) is 1.21. The number of hydrogen-bond donors (Lipinski definition) is 4. The van der Waals surface area contributed by atoms with Crippen molar-refractivity contribution in [3.8, 4) is 0 Å². The number of ether oxygens (including phenoxy) is 1. The summed E-state index contributed by atoms with van der Waals surface area (Å²) in [5, 5.41) is 39.0. The standard InChI is InChI=1S/C34H58N4O8/c1-2-31(46-28-29-12-8-7-9-13-29)15-11-6-4-3-5-10-14-30(39)24-35-16-18-36(25-32(40)41)20-22-38(27-34(44)45)23-21-37(19-17-35)26-33(42)43/h7-9,12-13,30-31,39H,2-6,10-11,14-28H2,1H3,(H,40,41)(H,42,43)(H,44,45). The minimum absolute atomic E-state index is 0.151. The average Bonchev–Trinajstić information content (AvgIpc) is 3.01. The Labute approximate surface area is 274 Å². The lowest BCUT2D eigenvalue weighted by Crippen LogP contribution is -2.49. The number of aliphatic hydroxyl groups is 1. The number of nitrogens with zero attached hydrogens (tertiary/aromatic N) is 4. The number of β-amino-alcohol motifs (C(OH)–C–C–N with tert-alkyl or cyclic N) is 1. The largest absolute Gasteiger partial charge is 0.480 e. The van der Waals surface area contributed by atoms with E-state index in [1.54, 1.807) is 14.7 Å². The summed E-state index contributed by atoms with van der Waals surface area (Å²) in [4.78, 5) is 41.7. The lowest BCUT2D eigenvalue weighted by molar-refractivity contribution is -0.140. The van der Waals surface area contributed by atoms with Crippen LogP contribution in [-0.4, -0.2) is 149 Å². The third-order valence-electron chi connectivity index (χ3n) is 8.57. The summed E-state index contributed by atoms with van der Waals surface area (Å²) in [6.45, 7) is 6.24. The van der Waals surface area contributed by atoms with Crippen LogP contribution in [0.4, 0.5) is 0 Å². The molecule has 4 N–H and O–H groups in total. The van der Waals surface area contributed by atoms with Crippen molar-refractivity contribution >= 4 is 17.9 Å². The predicted octanol–water partition coefficient (Wildman–Crippen LogP) is 2.94. The van der Waals surface area contributed by atoms with Crippen molar-refractivity contribution in [3.63, 3.8) is 0 Å². The third-order valence-corrected chi connectivity index (χ3v) is 8.57. The topological polar surface area (TPSA) is 154 Å². The first-order valence-electron chi connectivity index (χ1n) is 17.0. The Bertz CT molecular complexity index is 953. The maximum Gasteiger partial charge on any atom is 0.317 e. The zero-order valence-corrected chi connectivity index (χ0v) is 27.8. The Hall–Kier alpha value is -2.61. The molecule has 262 valence electrons. The molecule has 1 saturated heterocycles. The van der Waals surface area contributed by atoms with Crippen molar-refractivity contribution < 1.29 is 39.5 Å². The molecule has 1 aliphatic rings. The smallest absolute Gasteiger partial charge is 0.317 e. The van der Waals surface area contributed by atoms with E-state index >= 15 is 0 Å². The number of unbranched alkanes of at least 4 members (excludes halogenated alkanes) is 5. The maximum absolute atomic E-state index is 11.5. The highest BCUT2D eigenvalue weighted by atomic mass is 16.5. The number of carboxylic acids is 3. The van der Waals surface area contributed by atoms with Crippen LogP contribution in [0.2, 0.25) is 0 Å². The quantitative estimate of drug-likeness (QED) is 0.145. The second-order valence-electron chi connectivity index (χ2n) is 12.5. The highest BCUT2D eigenvalue weighted by Gasteiger charge is 2.21. The number of carboxylic acid groups (broad SMARTS) is 3. The van der Waals surface area contributed by atoms with Crippen LogP contribution in [0.15, 0.2) is 30.3 Å². The van der Waals surface area contributed by atoms with E-state index in [0.29, 0.717) is 78.0 Å². The van der Waals surface area contributed by atoms with Gasteiger partial charge in [0.15, 0.2) is 0 Å². The molecule has 1 fully saturated rings. The molecule has 1 aromatic carbocycles. The van der Waals surface area contributed by atoms with Crippen LogP contribution in [0.1, 0.15) is 70.3 Å². The molecule has 0 spiro atoms. The van der Waals surface area contributed by atoms with Gasteiger partial charge in [-0.25, -0.2) is 0 Å². The molecule has 2 rings (SSSR count). The van der Waals surface area contributed by atoms with Crippen LogP contribution >= 0.6 is 0 Å². The summed E-state index contributed by atoms with van der Waals surface area (Å²) in [6, 6.07) is 10.3. The molecule has 0 bridgehead atoms. The van der Waals surface area contributed by atoms with Crippen molar-refractivity contribution in [1.82, 2.24) is 19.6 Å². The van der Waals surface area contributed by atoms with Gasteiger partial charge in [0.2, 0.25) is 0 Å². The van der Waals surface area contributed by atoms with Gasteiger partial charge >= 0.3 is 17.9 Å². The van der Waals surface area contributed by atoms with E-state index in [9.17, 15) is 34.8 Å². The molecule has 2 unspecified atom stereocenters. The van der Waals surface area contributed by atoms with Gasteiger partial charge in [0.25, 0.3) is 0 Å². The van der Waals surface area contributed by atoms with Crippen molar-refractivity contribution in [3.05, 3.63) is 35.9 Å². The zero-order chi connectivity index (χ0) is 33.6. The third kappa shape index (κ3) is 19.1. The SMILES string of the molecule is CCC(CCCCCCCCC(O)CN1CCN(CC(=O)O)CCN(CC(=O)O)CCN(CC(=O)O)CC1)OCc1ccccc1. The summed E-state index contributed by atoms with van der Waals surface area (Å²) in [5.74, 6) is -2.87. The van der Waals surface area contributed by atoms with Crippen molar-refractivity contribution in [2.24, 2.45) is 0 Å². The fraction of sp³-hybridized carbons (Fsp3) is 0.735. The Kier molecular flexibility index (Phi) is 20.4. The lowest BCUT2D eigenvalue weighted by Gasteiger charge is -2.33. The predicted molar refractivity (Wildman–Crippen MR) is 177 cm³/mol. The van der Waals surface area contributed by atoms with Crippen LogP contribution in [0.3, 0.4) is 0 Å². The normalized spacial score (nSPS) is 18.0. The molecule has 0 radical (unpaired) electrons. The molecule has 0 aromatic heterocycles. The molecule has 12 nitrogen and oxygen atoms in total. The van der Waals surface area contributed by atoms with Gasteiger partial charge in [-0.3, -0.25) is 34.0 Å². The number of rotatable bonds is 21. The second kappa shape index (κ2) is 23.7. The van der Waals surface area contributed by atoms with E-state index < -0.39 is 24.0 Å². The van der Waals surface area contributed by atoms with Crippen molar-refractivity contribution in [2.45, 2.75) is 83.5 Å². The molecular weight excluding hydrogens is 592 g/mol. The molecule has 0 aliphatic carbocycles. The number of aliphatic carboxylic acids is 3. The number of benzene rings is 1. The van der Waals surface area contributed by atoms with Crippen LogP contribution in [0, 0.1) is 0 Å². The lowest BCUT2D eigenvalue weighted by atomic mass is 10.0. The first-order valence-corrected chi connectivity index (χ1v) is 17.0.